The van der Waals surface area contributed by atoms with Crippen LogP contribution in [0.25, 0.3) is 5.82 Å². The van der Waals surface area contributed by atoms with Gasteiger partial charge in [0.05, 0.1) is 17.0 Å². The average molecular weight is 247 g/mol. The monoisotopic (exact) mass is 247 g/mol. The van der Waals surface area contributed by atoms with Crippen LogP contribution < -0.4 is 5.73 Å². The van der Waals surface area contributed by atoms with Crippen LogP contribution in [0.3, 0.4) is 0 Å². The highest BCUT2D eigenvalue weighted by Gasteiger charge is 2.15. The van der Waals surface area contributed by atoms with Crippen LogP contribution in [-0.2, 0) is 0 Å². The molecule has 0 saturated carbocycles. The SMILES string of the molecule is Cc1ccn(-c2nnc(C)c(C)c2C(N)=S)n1. The second-order valence-corrected chi connectivity index (χ2v) is 4.31. The van der Waals surface area contributed by atoms with E-state index in [0.29, 0.717) is 10.8 Å². The number of rotatable bonds is 2. The van der Waals surface area contributed by atoms with Crippen LogP contribution in [0.15, 0.2) is 12.3 Å². The van der Waals surface area contributed by atoms with Gasteiger partial charge in [-0.3, -0.25) is 0 Å². The molecule has 0 atom stereocenters. The van der Waals surface area contributed by atoms with Gasteiger partial charge in [-0.1, -0.05) is 12.2 Å². The number of nitrogens with zero attached hydrogens (tertiary/aromatic N) is 4. The summed E-state index contributed by atoms with van der Waals surface area (Å²) in [5.74, 6) is 0.578. The molecule has 0 aliphatic carbocycles. The summed E-state index contributed by atoms with van der Waals surface area (Å²) in [5.41, 5.74) is 9.15. The molecule has 2 rings (SSSR count). The van der Waals surface area contributed by atoms with Crippen LogP contribution in [0, 0.1) is 20.8 Å². The summed E-state index contributed by atoms with van der Waals surface area (Å²) < 4.78 is 1.64. The fraction of sp³-hybridized carbons (Fsp3) is 0.273. The summed E-state index contributed by atoms with van der Waals surface area (Å²) in [6.45, 7) is 5.71. The van der Waals surface area contributed by atoms with Crippen LogP contribution in [0.5, 0.6) is 0 Å². The molecule has 0 aliphatic heterocycles. The van der Waals surface area contributed by atoms with E-state index in [0.717, 1.165) is 22.5 Å². The van der Waals surface area contributed by atoms with Crippen molar-refractivity contribution in [2.75, 3.05) is 0 Å². The van der Waals surface area contributed by atoms with E-state index in [1.54, 1.807) is 4.68 Å². The van der Waals surface area contributed by atoms with Crippen molar-refractivity contribution in [1.29, 1.82) is 0 Å². The quantitative estimate of drug-likeness (QED) is 0.808. The molecular weight excluding hydrogens is 234 g/mol. The van der Waals surface area contributed by atoms with Gasteiger partial charge < -0.3 is 5.73 Å². The second-order valence-electron chi connectivity index (χ2n) is 3.87. The maximum Gasteiger partial charge on any atom is 0.186 e. The maximum absolute atomic E-state index is 5.75. The lowest BCUT2D eigenvalue weighted by Crippen LogP contribution is -2.18. The minimum absolute atomic E-state index is 0.309. The minimum Gasteiger partial charge on any atom is -0.389 e. The van der Waals surface area contributed by atoms with Gasteiger partial charge in [-0.15, -0.1) is 5.10 Å². The highest BCUT2D eigenvalue weighted by molar-refractivity contribution is 7.80. The molecule has 0 aromatic carbocycles. The minimum atomic E-state index is 0.309. The molecule has 0 bridgehead atoms. The lowest BCUT2D eigenvalue weighted by molar-refractivity contribution is 0.789. The molecule has 2 heterocycles. The summed E-state index contributed by atoms with van der Waals surface area (Å²) in [7, 11) is 0. The first-order chi connectivity index (χ1) is 8.00. The smallest absolute Gasteiger partial charge is 0.186 e. The second kappa shape index (κ2) is 4.21. The molecule has 2 aromatic rings. The Morgan fingerprint density at radius 3 is 2.53 bits per heavy atom. The van der Waals surface area contributed by atoms with Crippen molar-refractivity contribution < 1.29 is 0 Å². The molecular formula is C11H13N5S. The Labute approximate surface area is 105 Å². The molecule has 0 amide bonds. The van der Waals surface area contributed by atoms with Gasteiger partial charge in [0.25, 0.3) is 0 Å². The van der Waals surface area contributed by atoms with E-state index in [1.165, 1.54) is 0 Å². The van der Waals surface area contributed by atoms with Crippen molar-refractivity contribution in [1.82, 2.24) is 20.0 Å². The van der Waals surface area contributed by atoms with E-state index >= 15 is 0 Å². The van der Waals surface area contributed by atoms with Crippen LogP contribution in [-0.4, -0.2) is 25.0 Å². The third-order valence-corrected chi connectivity index (χ3v) is 2.83. The van der Waals surface area contributed by atoms with Gasteiger partial charge in [-0.05, 0) is 32.4 Å². The summed E-state index contributed by atoms with van der Waals surface area (Å²) in [4.78, 5) is 0.309. The molecule has 5 nitrogen and oxygen atoms in total. The van der Waals surface area contributed by atoms with Gasteiger partial charge in [0, 0.05) is 6.20 Å². The third kappa shape index (κ3) is 2.03. The Kier molecular flexibility index (Phi) is 2.89. The fourth-order valence-electron chi connectivity index (χ4n) is 1.58. The zero-order valence-corrected chi connectivity index (χ0v) is 10.7. The Bertz CT molecular complexity index is 588. The molecule has 0 aliphatic rings. The average Bonchev–Trinajstić information content (AvgIpc) is 2.68. The predicted molar refractivity (Wildman–Crippen MR) is 69.3 cm³/mol. The molecule has 88 valence electrons. The summed E-state index contributed by atoms with van der Waals surface area (Å²) in [5, 5.41) is 12.5. The summed E-state index contributed by atoms with van der Waals surface area (Å²) in [6.07, 6.45) is 1.82. The molecule has 0 saturated heterocycles. The molecule has 6 heteroatoms. The van der Waals surface area contributed by atoms with Crippen molar-refractivity contribution in [2.24, 2.45) is 5.73 Å². The number of aromatic nitrogens is 4. The number of thiocarbonyl (C=S) groups is 1. The van der Waals surface area contributed by atoms with Crippen molar-refractivity contribution in [3.8, 4) is 5.82 Å². The molecule has 17 heavy (non-hydrogen) atoms. The maximum atomic E-state index is 5.75. The first kappa shape index (κ1) is 11.7. The summed E-state index contributed by atoms with van der Waals surface area (Å²) in [6, 6.07) is 1.89. The summed E-state index contributed by atoms with van der Waals surface area (Å²) >= 11 is 5.07. The largest absolute Gasteiger partial charge is 0.389 e. The van der Waals surface area contributed by atoms with E-state index in [1.807, 2.05) is 33.0 Å². The first-order valence-electron chi connectivity index (χ1n) is 5.17. The highest BCUT2D eigenvalue weighted by atomic mass is 32.1. The lowest BCUT2D eigenvalue weighted by Gasteiger charge is -2.11. The predicted octanol–water partition coefficient (Wildman–Crippen LogP) is 1.22. The number of nitrogens with two attached hydrogens (primary N) is 1. The number of hydrogen-bond acceptors (Lipinski definition) is 4. The van der Waals surface area contributed by atoms with Crippen molar-refractivity contribution in [3.63, 3.8) is 0 Å². The highest BCUT2D eigenvalue weighted by Crippen LogP contribution is 2.17. The fourth-order valence-corrected chi connectivity index (χ4v) is 1.83. The first-order valence-corrected chi connectivity index (χ1v) is 5.58. The van der Waals surface area contributed by atoms with Crippen molar-refractivity contribution in [3.05, 3.63) is 34.8 Å². The van der Waals surface area contributed by atoms with Crippen LogP contribution in [0.4, 0.5) is 0 Å². The zero-order chi connectivity index (χ0) is 12.6. The zero-order valence-electron chi connectivity index (χ0n) is 9.93. The van der Waals surface area contributed by atoms with Gasteiger partial charge >= 0.3 is 0 Å². The number of hydrogen-bond donors (Lipinski definition) is 1. The van der Waals surface area contributed by atoms with Gasteiger partial charge in [0.15, 0.2) is 5.82 Å². The van der Waals surface area contributed by atoms with Crippen molar-refractivity contribution in [2.45, 2.75) is 20.8 Å². The standard InChI is InChI=1S/C11H13N5S/c1-6-4-5-16(15-6)11-9(10(12)17)7(2)8(3)13-14-11/h4-5H,1-3H3,(H2,12,17). The van der Waals surface area contributed by atoms with Gasteiger partial charge in [0.2, 0.25) is 0 Å². The van der Waals surface area contributed by atoms with E-state index in [9.17, 15) is 0 Å². The molecule has 0 spiro atoms. The van der Waals surface area contributed by atoms with Crippen LogP contribution in [0.1, 0.15) is 22.5 Å². The van der Waals surface area contributed by atoms with E-state index in [4.69, 9.17) is 18.0 Å². The van der Waals surface area contributed by atoms with E-state index in [2.05, 4.69) is 15.3 Å². The van der Waals surface area contributed by atoms with E-state index in [-0.39, 0.29) is 0 Å². The normalized spacial score (nSPS) is 10.5. The third-order valence-electron chi connectivity index (χ3n) is 2.62. The van der Waals surface area contributed by atoms with Crippen molar-refractivity contribution >= 4 is 17.2 Å². The lowest BCUT2D eigenvalue weighted by atomic mass is 10.1. The van der Waals surface area contributed by atoms with Crippen LogP contribution in [0.2, 0.25) is 0 Å². The molecule has 0 fully saturated rings. The topological polar surface area (TPSA) is 69.6 Å². The Balaban J connectivity index is 2.70. The number of aryl methyl sites for hydroxylation is 2. The Hall–Kier alpha value is -1.82. The van der Waals surface area contributed by atoms with Gasteiger partial charge in [0.1, 0.15) is 4.99 Å². The van der Waals surface area contributed by atoms with Gasteiger partial charge in [-0.2, -0.15) is 10.2 Å². The molecule has 0 radical (unpaired) electrons. The molecule has 2 N–H and O–H groups in total. The molecule has 2 aromatic heterocycles. The Morgan fingerprint density at radius 2 is 2.00 bits per heavy atom. The van der Waals surface area contributed by atoms with Gasteiger partial charge in [-0.25, -0.2) is 4.68 Å². The van der Waals surface area contributed by atoms with Crippen LogP contribution >= 0.6 is 12.2 Å². The Morgan fingerprint density at radius 1 is 1.29 bits per heavy atom. The molecule has 0 unspecified atom stereocenters. The van der Waals surface area contributed by atoms with E-state index < -0.39 is 0 Å².